The van der Waals surface area contributed by atoms with Gasteiger partial charge in [-0.2, -0.15) is 0 Å². The van der Waals surface area contributed by atoms with E-state index in [1.165, 1.54) is 28.6 Å². The molecule has 2 unspecified atom stereocenters. The topological polar surface area (TPSA) is 48.4 Å². The van der Waals surface area contributed by atoms with E-state index in [4.69, 9.17) is 4.99 Å². The molecule has 2 N–H and O–H groups in total. The third kappa shape index (κ3) is 2.03. The summed E-state index contributed by atoms with van der Waals surface area (Å²) in [4.78, 5) is 8.44. The molecule has 3 nitrogen and oxygen atoms in total. The fourth-order valence-electron chi connectivity index (χ4n) is 4.37. The number of para-hydroxylation sites is 1. The van der Waals surface area contributed by atoms with Gasteiger partial charge in [0.05, 0.1) is 17.0 Å². The molecule has 0 saturated heterocycles. The molecule has 22 heavy (non-hydrogen) atoms. The Morgan fingerprint density at radius 2 is 2.18 bits per heavy atom. The molecule has 1 aromatic heterocycles. The lowest BCUT2D eigenvalue weighted by atomic mass is 9.70. The van der Waals surface area contributed by atoms with Crippen LogP contribution in [-0.4, -0.2) is 27.9 Å². The van der Waals surface area contributed by atoms with Crippen molar-refractivity contribution in [3.05, 3.63) is 35.5 Å². The van der Waals surface area contributed by atoms with Crippen LogP contribution in [-0.2, 0) is 6.42 Å². The summed E-state index contributed by atoms with van der Waals surface area (Å²) in [7, 11) is 0. The molecule has 1 aliphatic heterocycles. The molecule has 2 aliphatic rings. The maximum Gasteiger partial charge on any atom is 0.0729 e. The molecular weight excluding hydrogens is 272 g/mol. The highest BCUT2D eigenvalue weighted by atomic mass is 16.3. The molecule has 1 aromatic carbocycles. The number of aromatic nitrogens is 1. The van der Waals surface area contributed by atoms with Gasteiger partial charge in [0, 0.05) is 23.4 Å². The molecule has 0 bridgehead atoms. The van der Waals surface area contributed by atoms with Gasteiger partial charge < -0.3 is 10.1 Å². The number of fused-ring (bicyclic) bond motifs is 3. The highest BCUT2D eigenvalue weighted by molar-refractivity contribution is 6.08. The van der Waals surface area contributed by atoms with Crippen LogP contribution in [0.25, 0.3) is 10.9 Å². The lowest BCUT2D eigenvalue weighted by molar-refractivity contribution is -0.0254. The molecule has 0 amide bonds. The van der Waals surface area contributed by atoms with Crippen LogP contribution in [0.1, 0.15) is 50.3 Å². The van der Waals surface area contributed by atoms with E-state index in [0.717, 1.165) is 44.4 Å². The third-order valence-electron chi connectivity index (χ3n) is 5.66. The fraction of sp³-hybridized carbons (Fsp3) is 0.526. The fourth-order valence-corrected chi connectivity index (χ4v) is 4.37. The van der Waals surface area contributed by atoms with Gasteiger partial charge >= 0.3 is 0 Å². The first kappa shape index (κ1) is 14.0. The Morgan fingerprint density at radius 1 is 1.32 bits per heavy atom. The van der Waals surface area contributed by atoms with Gasteiger partial charge in [0.2, 0.25) is 0 Å². The Morgan fingerprint density at radius 3 is 3.05 bits per heavy atom. The van der Waals surface area contributed by atoms with Crippen LogP contribution in [0, 0.1) is 5.92 Å². The third-order valence-corrected chi connectivity index (χ3v) is 5.66. The number of benzene rings is 1. The largest absolute Gasteiger partial charge is 0.389 e. The van der Waals surface area contributed by atoms with Crippen molar-refractivity contribution in [2.75, 3.05) is 6.54 Å². The zero-order chi connectivity index (χ0) is 15.2. The van der Waals surface area contributed by atoms with Crippen molar-refractivity contribution in [2.24, 2.45) is 10.9 Å². The second kappa shape index (κ2) is 5.24. The number of nitrogens with one attached hydrogen (secondary N) is 1. The number of nitrogens with zero attached hydrogens (tertiary/aromatic N) is 1. The van der Waals surface area contributed by atoms with E-state index < -0.39 is 5.60 Å². The van der Waals surface area contributed by atoms with Gasteiger partial charge in [-0.25, -0.2) is 0 Å². The van der Waals surface area contributed by atoms with E-state index in [1.54, 1.807) is 0 Å². The van der Waals surface area contributed by atoms with Gasteiger partial charge in [0.15, 0.2) is 0 Å². The van der Waals surface area contributed by atoms with E-state index in [2.05, 4.69) is 36.2 Å². The summed E-state index contributed by atoms with van der Waals surface area (Å²) in [6.45, 7) is 2.95. The molecule has 3 heteroatoms. The van der Waals surface area contributed by atoms with Gasteiger partial charge in [0.25, 0.3) is 0 Å². The Labute approximate surface area is 131 Å². The van der Waals surface area contributed by atoms with E-state index in [1.807, 2.05) is 0 Å². The summed E-state index contributed by atoms with van der Waals surface area (Å²) in [5, 5.41) is 12.4. The Kier molecular flexibility index (Phi) is 3.33. The van der Waals surface area contributed by atoms with Gasteiger partial charge in [-0.05, 0) is 37.3 Å². The van der Waals surface area contributed by atoms with Crippen LogP contribution in [0.15, 0.2) is 29.3 Å². The minimum absolute atomic E-state index is 0.179. The number of hydrogen-bond acceptors (Lipinski definition) is 2. The molecule has 4 rings (SSSR count). The molecule has 2 heterocycles. The maximum atomic E-state index is 11.1. The predicted octanol–water partition coefficient (Wildman–Crippen LogP) is 3.84. The predicted molar refractivity (Wildman–Crippen MR) is 90.6 cm³/mol. The minimum Gasteiger partial charge on any atom is -0.389 e. The quantitative estimate of drug-likeness (QED) is 0.869. The van der Waals surface area contributed by atoms with Gasteiger partial charge in [-0.1, -0.05) is 38.0 Å². The maximum absolute atomic E-state index is 11.1. The average molecular weight is 296 g/mol. The lowest BCUT2D eigenvalue weighted by Crippen LogP contribution is -2.45. The molecule has 2 atom stereocenters. The van der Waals surface area contributed by atoms with Crippen LogP contribution in [0.4, 0.5) is 0 Å². The van der Waals surface area contributed by atoms with Crippen LogP contribution in [0.3, 0.4) is 0 Å². The highest BCUT2D eigenvalue weighted by Crippen LogP contribution is 2.40. The van der Waals surface area contributed by atoms with Crippen molar-refractivity contribution in [2.45, 2.75) is 51.0 Å². The van der Waals surface area contributed by atoms with Crippen molar-refractivity contribution in [1.29, 1.82) is 0 Å². The van der Waals surface area contributed by atoms with Crippen LogP contribution >= 0.6 is 0 Å². The molecule has 0 spiro atoms. The Bertz CT molecular complexity index is 730. The second-order valence-electron chi connectivity index (χ2n) is 6.80. The first-order valence-corrected chi connectivity index (χ1v) is 8.59. The summed E-state index contributed by atoms with van der Waals surface area (Å²) < 4.78 is 0. The molecule has 116 valence electrons. The standard InChI is InChI=1S/C19H24N2O/c1-2-19(22)11-6-5-8-15(19)18-17-14(10-12-20-18)13-7-3-4-9-16(13)21-17/h3-4,7,9,15,21-22H,2,5-6,8,10-12H2,1H3. The highest BCUT2D eigenvalue weighted by Gasteiger charge is 2.42. The van der Waals surface area contributed by atoms with E-state index in [-0.39, 0.29) is 5.92 Å². The normalized spacial score (nSPS) is 28.5. The van der Waals surface area contributed by atoms with Gasteiger partial charge in [-0.3, -0.25) is 4.99 Å². The second-order valence-corrected chi connectivity index (χ2v) is 6.80. The van der Waals surface area contributed by atoms with Crippen molar-refractivity contribution in [3.8, 4) is 0 Å². The summed E-state index contributed by atoms with van der Waals surface area (Å²) in [5.74, 6) is 0.179. The summed E-state index contributed by atoms with van der Waals surface area (Å²) in [6.07, 6.45) is 6.10. The van der Waals surface area contributed by atoms with E-state index in [9.17, 15) is 5.11 Å². The van der Waals surface area contributed by atoms with E-state index in [0.29, 0.717) is 0 Å². The van der Waals surface area contributed by atoms with Crippen molar-refractivity contribution in [3.63, 3.8) is 0 Å². The number of aliphatic imine (C=N–C) groups is 1. The first-order valence-electron chi connectivity index (χ1n) is 8.59. The number of hydrogen-bond donors (Lipinski definition) is 2. The molecule has 1 aliphatic carbocycles. The smallest absolute Gasteiger partial charge is 0.0729 e. The zero-order valence-electron chi connectivity index (χ0n) is 13.2. The monoisotopic (exact) mass is 296 g/mol. The van der Waals surface area contributed by atoms with Crippen LogP contribution < -0.4 is 0 Å². The van der Waals surface area contributed by atoms with Crippen molar-refractivity contribution in [1.82, 2.24) is 4.98 Å². The van der Waals surface area contributed by atoms with E-state index >= 15 is 0 Å². The molecule has 1 fully saturated rings. The molecule has 0 radical (unpaired) electrons. The minimum atomic E-state index is -0.580. The number of aliphatic hydroxyl groups is 1. The molecular formula is C19H24N2O. The van der Waals surface area contributed by atoms with Gasteiger partial charge in [0.1, 0.15) is 0 Å². The Hall–Kier alpha value is -1.61. The summed E-state index contributed by atoms with van der Waals surface area (Å²) >= 11 is 0. The number of rotatable bonds is 2. The number of aromatic amines is 1. The lowest BCUT2D eigenvalue weighted by Gasteiger charge is -2.40. The first-order chi connectivity index (χ1) is 10.7. The number of H-pyrrole nitrogens is 1. The van der Waals surface area contributed by atoms with Crippen LogP contribution in [0.2, 0.25) is 0 Å². The average Bonchev–Trinajstić information content (AvgIpc) is 2.94. The Balaban J connectivity index is 1.82. The molecule has 1 saturated carbocycles. The van der Waals surface area contributed by atoms with Crippen molar-refractivity contribution < 1.29 is 5.11 Å². The summed E-state index contributed by atoms with van der Waals surface area (Å²) in [6, 6.07) is 8.51. The molecule has 2 aromatic rings. The van der Waals surface area contributed by atoms with Gasteiger partial charge in [-0.15, -0.1) is 0 Å². The van der Waals surface area contributed by atoms with Crippen LogP contribution in [0.5, 0.6) is 0 Å². The van der Waals surface area contributed by atoms with Crippen molar-refractivity contribution >= 4 is 16.6 Å². The SMILES string of the molecule is CCC1(O)CCCCC1C1=NCCc2c1[nH]c1ccccc21. The summed E-state index contributed by atoms with van der Waals surface area (Å²) in [5.41, 5.74) is 4.32. The zero-order valence-corrected chi connectivity index (χ0v) is 13.2.